The van der Waals surface area contributed by atoms with E-state index in [9.17, 15) is 9.59 Å². The summed E-state index contributed by atoms with van der Waals surface area (Å²) in [5.74, 6) is 0.459. The monoisotopic (exact) mass is 479 g/mol. The first-order chi connectivity index (χ1) is 14.8. The molecule has 3 rings (SSSR count). The summed E-state index contributed by atoms with van der Waals surface area (Å²) in [5.41, 5.74) is 2.30. The van der Waals surface area contributed by atoms with Gasteiger partial charge in [-0.25, -0.2) is 0 Å². The molecule has 0 atom stereocenters. The highest BCUT2D eigenvalue weighted by molar-refractivity contribution is 7.80. The van der Waals surface area contributed by atoms with Gasteiger partial charge in [-0.2, -0.15) is 0 Å². The molecule has 6 nitrogen and oxygen atoms in total. The SMILES string of the molecule is Cc1c(NC(=O)C2CC2)cccc1NC(=S)NC(=O)CCCOc1ccc(Cl)cc1Cl. The van der Waals surface area contributed by atoms with E-state index in [1.54, 1.807) is 18.2 Å². The molecule has 0 bridgehead atoms. The zero-order chi connectivity index (χ0) is 22.4. The number of anilines is 2. The molecule has 0 spiro atoms. The summed E-state index contributed by atoms with van der Waals surface area (Å²) in [6.45, 7) is 2.21. The van der Waals surface area contributed by atoms with Crippen molar-refractivity contribution in [2.24, 2.45) is 5.92 Å². The Morgan fingerprint density at radius 1 is 1.13 bits per heavy atom. The van der Waals surface area contributed by atoms with Gasteiger partial charge in [-0.3, -0.25) is 9.59 Å². The Labute approximate surface area is 196 Å². The van der Waals surface area contributed by atoms with Crippen LogP contribution in [-0.2, 0) is 9.59 Å². The first-order valence-electron chi connectivity index (χ1n) is 9.92. The van der Waals surface area contributed by atoms with Crippen molar-refractivity contribution in [3.05, 3.63) is 52.0 Å². The van der Waals surface area contributed by atoms with Crippen LogP contribution in [0, 0.1) is 12.8 Å². The third-order valence-corrected chi connectivity index (χ3v) is 5.48. The van der Waals surface area contributed by atoms with Crippen LogP contribution in [0.25, 0.3) is 0 Å². The number of nitrogens with one attached hydrogen (secondary N) is 3. The van der Waals surface area contributed by atoms with E-state index in [1.165, 1.54) is 0 Å². The quantitative estimate of drug-likeness (QED) is 0.352. The first kappa shape index (κ1) is 23.3. The van der Waals surface area contributed by atoms with Gasteiger partial charge < -0.3 is 20.7 Å². The zero-order valence-electron chi connectivity index (χ0n) is 17.0. The molecule has 0 unspecified atom stereocenters. The van der Waals surface area contributed by atoms with Gasteiger partial charge in [-0.05, 0) is 74.3 Å². The molecule has 0 aromatic heterocycles. The van der Waals surface area contributed by atoms with Crippen molar-refractivity contribution < 1.29 is 14.3 Å². The highest BCUT2D eigenvalue weighted by Gasteiger charge is 2.29. The second kappa shape index (κ2) is 10.8. The van der Waals surface area contributed by atoms with Crippen LogP contribution >= 0.6 is 35.4 Å². The summed E-state index contributed by atoms with van der Waals surface area (Å²) >= 11 is 17.1. The lowest BCUT2D eigenvalue weighted by molar-refractivity contribution is -0.120. The van der Waals surface area contributed by atoms with Crippen molar-refractivity contribution in [1.29, 1.82) is 0 Å². The Hall–Kier alpha value is -2.35. The Bertz CT molecular complexity index is 996. The van der Waals surface area contributed by atoms with Crippen LogP contribution in [0.4, 0.5) is 11.4 Å². The molecule has 0 radical (unpaired) electrons. The molecule has 31 heavy (non-hydrogen) atoms. The number of benzene rings is 2. The van der Waals surface area contributed by atoms with Gasteiger partial charge in [0.15, 0.2) is 5.11 Å². The summed E-state index contributed by atoms with van der Waals surface area (Å²) in [5, 5.41) is 9.76. The van der Waals surface area contributed by atoms with E-state index in [1.807, 2.05) is 25.1 Å². The highest BCUT2D eigenvalue weighted by Crippen LogP contribution is 2.31. The smallest absolute Gasteiger partial charge is 0.227 e. The van der Waals surface area contributed by atoms with Crippen LogP contribution < -0.4 is 20.7 Å². The predicted molar refractivity (Wildman–Crippen MR) is 128 cm³/mol. The molecule has 2 amide bonds. The van der Waals surface area contributed by atoms with Gasteiger partial charge >= 0.3 is 0 Å². The van der Waals surface area contributed by atoms with Gasteiger partial charge in [0.25, 0.3) is 0 Å². The summed E-state index contributed by atoms with van der Waals surface area (Å²) in [4.78, 5) is 24.2. The Morgan fingerprint density at radius 2 is 1.84 bits per heavy atom. The van der Waals surface area contributed by atoms with E-state index in [4.69, 9.17) is 40.2 Å². The molecule has 0 saturated heterocycles. The Balaban J connectivity index is 1.42. The zero-order valence-corrected chi connectivity index (χ0v) is 19.3. The number of hydrogen-bond acceptors (Lipinski definition) is 4. The molecule has 1 aliphatic rings. The summed E-state index contributed by atoms with van der Waals surface area (Å²) in [7, 11) is 0. The lowest BCUT2D eigenvalue weighted by atomic mass is 10.1. The highest BCUT2D eigenvalue weighted by atomic mass is 35.5. The van der Waals surface area contributed by atoms with E-state index in [-0.39, 0.29) is 29.3 Å². The summed E-state index contributed by atoms with van der Waals surface area (Å²) < 4.78 is 5.57. The number of carbonyl (C=O) groups excluding carboxylic acids is 2. The number of rotatable bonds is 8. The minimum absolute atomic E-state index is 0.0400. The van der Waals surface area contributed by atoms with Crippen molar-refractivity contribution in [3.8, 4) is 5.75 Å². The largest absolute Gasteiger partial charge is 0.492 e. The number of amides is 2. The van der Waals surface area contributed by atoms with Crippen LogP contribution in [-0.4, -0.2) is 23.5 Å². The van der Waals surface area contributed by atoms with Crippen LogP contribution in [0.1, 0.15) is 31.2 Å². The maximum atomic E-state index is 12.2. The normalized spacial score (nSPS) is 12.7. The number of halogens is 2. The predicted octanol–water partition coefficient (Wildman–Crippen LogP) is 5.32. The summed E-state index contributed by atoms with van der Waals surface area (Å²) in [6.07, 6.45) is 2.62. The van der Waals surface area contributed by atoms with Crippen molar-refractivity contribution >= 4 is 63.7 Å². The number of hydrogen-bond donors (Lipinski definition) is 3. The molecule has 9 heteroatoms. The van der Waals surface area contributed by atoms with Gasteiger partial charge in [-0.1, -0.05) is 29.3 Å². The third kappa shape index (κ3) is 7.09. The van der Waals surface area contributed by atoms with Gasteiger partial charge in [0.1, 0.15) is 5.75 Å². The molecule has 2 aromatic carbocycles. The van der Waals surface area contributed by atoms with E-state index >= 15 is 0 Å². The Kier molecular flexibility index (Phi) is 8.12. The molecule has 1 fully saturated rings. The molecule has 1 aliphatic carbocycles. The molecule has 164 valence electrons. The van der Waals surface area contributed by atoms with Gasteiger partial charge in [0, 0.05) is 28.7 Å². The Morgan fingerprint density at radius 3 is 2.52 bits per heavy atom. The number of ether oxygens (including phenoxy) is 1. The molecule has 0 aliphatic heterocycles. The van der Waals surface area contributed by atoms with Crippen LogP contribution in [0.3, 0.4) is 0 Å². The second-order valence-electron chi connectivity index (χ2n) is 7.27. The van der Waals surface area contributed by atoms with Gasteiger partial charge in [-0.15, -0.1) is 0 Å². The standard InChI is InChI=1S/C22H23Cl2N3O3S/c1-13-17(25-21(29)14-7-8-14)4-2-5-18(13)26-22(31)27-20(28)6-3-11-30-19-10-9-15(23)12-16(19)24/h2,4-5,9-10,12,14H,3,6-8,11H2,1H3,(H,25,29)(H2,26,27,28,31). The van der Waals surface area contributed by atoms with Gasteiger partial charge in [0.05, 0.1) is 11.6 Å². The number of thiocarbonyl (C=S) groups is 1. The van der Waals surface area contributed by atoms with Crippen molar-refractivity contribution in [2.75, 3.05) is 17.2 Å². The van der Waals surface area contributed by atoms with Crippen molar-refractivity contribution in [2.45, 2.75) is 32.6 Å². The third-order valence-electron chi connectivity index (χ3n) is 4.74. The van der Waals surface area contributed by atoms with Crippen LogP contribution in [0.5, 0.6) is 5.75 Å². The topological polar surface area (TPSA) is 79.5 Å². The fourth-order valence-corrected chi connectivity index (χ4v) is 3.52. The lowest BCUT2D eigenvalue weighted by Crippen LogP contribution is -2.34. The lowest BCUT2D eigenvalue weighted by Gasteiger charge is -2.15. The van der Waals surface area contributed by atoms with E-state index in [2.05, 4.69) is 16.0 Å². The molecule has 0 heterocycles. The van der Waals surface area contributed by atoms with E-state index in [0.717, 1.165) is 29.8 Å². The minimum atomic E-state index is -0.223. The maximum Gasteiger partial charge on any atom is 0.227 e. The molecular weight excluding hydrogens is 457 g/mol. The fourth-order valence-electron chi connectivity index (χ4n) is 2.84. The maximum absolute atomic E-state index is 12.2. The van der Waals surface area contributed by atoms with Crippen molar-refractivity contribution in [3.63, 3.8) is 0 Å². The van der Waals surface area contributed by atoms with E-state index in [0.29, 0.717) is 28.8 Å². The van der Waals surface area contributed by atoms with E-state index < -0.39 is 0 Å². The average Bonchev–Trinajstić information content (AvgIpc) is 3.55. The first-order valence-corrected chi connectivity index (χ1v) is 11.1. The molecule has 1 saturated carbocycles. The van der Waals surface area contributed by atoms with Crippen LogP contribution in [0.2, 0.25) is 10.0 Å². The minimum Gasteiger partial charge on any atom is -0.492 e. The molecular formula is C22H23Cl2N3O3S. The summed E-state index contributed by atoms with van der Waals surface area (Å²) in [6, 6.07) is 10.5. The van der Waals surface area contributed by atoms with Gasteiger partial charge in [0.2, 0.25) is 11.8 Å². The van der Waals surface area contributed by atoms with Crippen molar-refractivity contribution in [1.82, 2.24) is 5.32 Å². The molecule has 2 aromatic rings. The second-order valence-corrected chi connectivity index (χ2v) is 8.52. The average molecular weight is 480 g/mol. The van der Waals surface area contributed by atoms with Crippen LogP contribution in [0.15, 0.2) is 36.4 Å². The molecule has 3 N–H and O–H groups in total. The number of carbonyl (C=O) groups is 2. The fraction of sp³-hybridized carbons (Fsp3) is 0.318.